The number of Topliss-reactive ketones (excluding diaryl/α,β-unsaturated/α-hetero) is 1. The zero-order valence-corrected chi connectivity index (χ0v) is 22.2. The van der Waals surface area contributed by atoms with Gasteiger partial charge in [0.25, 0.3) is 0 Å². The summed E-state index contributed by atoms with van der Waals surface area (Å²) in [5.74, 6) is -0.498. The fraction of sp³-hybridized carbons (Fsp3) is 0.571. The van der Waals surface area contributed by atoms with Crippen LogP contribution in [0, 0.1) is 12.3 Å². The van der Waals surface area contributed by atoms with Gasteiger partial charge in [0.2, 0.25) is 0 Å². The second-order valence-electron chi connectivity index (χ2n) is 10.2. The molecule has 3 heterocycles. The molecule has 8 nitrogen and oxygen atoms in total. The molecule has 0 saturated carbocycles. The average molecular weight is 498 g/mol. The van der Waals surface area contributed by atoms with E-state index in [-0.39, 0.29) is 17.8 Å². The molecule has 1 N–H and O–H groups in total. The smallest absolute Gasteiger partial charge is 0.337 e. The van der Waals surface area contributed by atoms with Gasteiger partial charge in [0.1, 0.15) is 12.4 Å². The van der Waals surface area contributed by atoms with Crippen LogP contribution in [0.4, 0.5) is 5.69 Å². The molecule has 2 aromatic rings. The Labute approximate surface area is 214 Å². The highest BCUT2D eigenvalue weighted by molar-refractivity contribution is 5.85. The maximum absolute atomic E-state index is 12.4. The van der Waals surface area contributed by atoms with Crippen LogP contribution < -0.4 is 9.64 Å². The molecule has 0 radical (unpaired) electrons. The monoisotopic (exact) mass is 497 g/mol. The topological polar surface area (TPSA) is 102 Å². The minimum atomic E-state index is -1.11. The summed E-state index contributed by atoms with van der Waals surface area (Å²) in [6.45, 7) is 12.2. The molecule has 2 aromatic heterocycles. The number of pyridine rings is 2. The van der Waals surface area contributed by atoms with E-state index in [0.29, 0.717) is 35.7 Å². The maximum Gasteiger partial charge on any atom is 0.337 e. The summed E-state index contributed by atoms with van der Waals surface area (Å²) in [5, 5.41) is 10.1. The van der Waals surface area contributed by atoms with E-state index >= 15 is 0 Å². The normalized spacial score (nSPS) is 16.0. The van der Waals surface area contributed by atoms with Crippen molar-refractivity contribution in [2.75, 3.05) is 31.2 Å². The first kappa shape index (κ1) is 27.6. The molecule has 0 aliphatic carbocycles. The lowest BCUT2D eigenvalue weighted by Gasteiger charge is -2.40. The molecule has 0 bridgehead atoms. The highest BCUT2D eigenvalue weighted by atomic mass is 16.5. The summed E-state index contributed by atoms with van der Waals surface area (Å²) in [6.07, 6.45) is 6.35. The minimum Gasteiger partial charge on any atom is -0.484 e. The second-order valence-corrected chi connectivity index (χ2v) is 10.2. The zero-order valence-electron chi connectivity index (χ0n) is 22.2. The van der Waals surface area contributed by atoms with Gasteiger partial charge in [0.15, 0.2) is 11.9 Å². The number of rotatable bonds is 12. The van der Waals surface area contributed by atoms with Crippen LogP contribution in [0.15, 0.2) is 24.5 Å². The number of nitrogens with zero attached hydrogens (tertiary/aromatic N) is 3. The van der Waals surface area contributed by atoms with E-state index in [2.05, 4.69) is 28.7 Å². The molecule has 1 aliphatic rings. The molecule has 1 fully saturated rings. The molecule has 1 aliphatic heterocycles. The first-order valence-corrected chi connectivity index (χ1v) is 12.9. The molecule has 0 unspecified atom stereocenters. The Kier molecular flexibility index (Phi) is 9.43. The molecule has 196 valence electrons. The maximum atomic E-state index is 12.4. The van der Waals surface area contributed by atoms with Crippen LogP contribution in [0.2, 0.25) is 0 Å². The molecule has 0 amide bonds. The van der Waals surface area contributed by atoms with E-state index < -0.39 is 12.1 Å². The third kappa shape index (κ3) is 6.81. The summed E-state index contributed by atoms with van der Waals surface area (Å²) in [7, 11) is 0. The van der Waals surface area contributed by atoms with Gasteiger partial charge in [-0.2, -0.15) is 0 Å². The predicted octanol–water partition coefficient (Wildman–Crippen LogP) is 5.38. The molecule has 1 atom stereocenters. The Morgan fingerprint density at radius 2 is 1.86 bits per heavy atom. The lowest BCUT2D eigenvalue weighted by atomic mass is 9.82. The first-order chi connectivity index (χ1) is 17.2. The summed E-state index contributed by atoms with van der Waals surface area (Å²) < 4.78 is 11.5. The average Bonchev–Trinajstić information content (AvgIpc) is 2.86. The van der Waals surface area contributed by atoms with Gasteiger partial charge in [-0.05, 0) is 43.7 Å². The van der Waals surface area contributed by atoms with Crippen LogP contribution >= 0.6 is 0 Å². The number of ketones is 1. The number of hydrogen-bond acceptors (Lipinski definition) is 7. The van der Waals surface area contributed by atoms with Crippen molar-refractivity contribution in [2.45, 2.75) is 72.8 Å². The van der Waals surface area contributed by atoms with Crippen molar-refractivity contribution in [1.82, 2.24) is 9.97 Å². The van der Waals surface area contributed by atoms with E-state index in [1.165, 1.54) is 0 Å². The van der Waals surface area contributed by atoms with Gasteiger partial charge < -0.3 is 19.5 Å². The van der Waals surface area contributed by atoms with Crippen LogP contribution in [0.1, 0.15) is 77.2 Å². The highest BCUT2D eigenvalue weighted by Gasteiger charge is 2.34. The number of carboxylic acids is 1. The molecule has 8 heteroatoms. The zero-order chi connectivity index (χ0) is 26.3. The van der Waals surface area contributed by atoms with E-state index in [1.807, 2.05) is 19.9 Å². The van der Waals surface area contributed by atoms with Gasteiger partial charge in [-0.15, -0.1) is 0 Å². The third-order valence-corrected chi connectivity index (χ3v) is 6.80. The van der Waals surface area contributed by atoms with Crippen molar-refractivity contribution in [3.8, 4) is 17.0 Å². The summed E-state index contributed by atoms with van der Waals surface area (Å²) in [6, 6.07) is 3.60. The number of carbonyl (C=O) groups excluding carboxylic acids is 1. The number of carbonyl (C=O) groups is 2. The lowest BCUT2D eigenvalue weighted by Crippen LogP contribution is -2.39. The van der Waals surface area contributed by atoms with Crippen LogP contribution in [-0.4, -0.2) is 53.1 Å². The van der Waals surface area contributed by atoms with Gasteiger partial charge >= 0.3 is 5.97 Å². The number of aromatic nitrogens is 2. The lowest BCUT2D eigenvalue weighted by molar-refractivity contribution is -0.151. The van der Waals surface area contributed by atoms with E-state index in [4.69, 9.17) is 9.47 Å². The number of ether oxygens (including phenoxy) is 2. The fourth-order valence-electron chi connectivity index (χ4n) is 4.30. The summed E-state index contributed by atoms with van der Waals surface area (Å²) >= 11 is 0. The number of aliphatic carboxylic acids is 1. The number of hydrogen-bond donors (Lipinski definition) is 1. The number of aryl methyl sites for hydroxylation is 1. The molecule has 0 spiro atoms. The van der Waals surface area contributed by atoms with Crippen molar-refractivity contribution >= 4 is 17.4 Å². The van der Waals surface area contributed by atoms with Crippen molar-refractivity contribution in [2.24, 2.45) is 5.41 Å². The standard InChI is InChI=1S/C28H39N3O5/c1-6-8-15-35-26(27(33)34)24-19(3)29-17-22(25(24)31-13-11-28(4,5)12-14-31)23-10-9-21(16-30-23)36-18-20(32)7-2/h9-10,16-17,26H,6-8,11-15,18H2,1-5H3,(H,33,34)/t26-/m0/s1. The van der Waals surface area contributed by atoms with Crippen molar-refractivity contribution in [3.05, 3.63) is 35.8 Å². The Morgan fingerprint density at radius 3 is 2.44 bits per heavy atom. The minimum absolute atomic E-state index is 0.0119. The number of unbranched alkanes of at least 4 members (excludes halogenated alkanes) is 1. The Hall–Kier alpha value is -3.00. The van der Waals surface area contributed by atoms with Gasteiger partial charge in [0, 0.05) is 49.1 Å². The number of carboxylic acid groups (broad SMARTS) is 1. The molecule has 1 saturated heterocycles. The SMILES string of the molecule is CCCCO[C@H](C(=O)O)c1c(C)ncc(-c2ccc(OCC(=O)CC)cn2)c1N1CCC(C)(C)CC1. The van der Waals surface area contributed by atoms with E-state index in [9.17, 15) is 14.7 Å². The van der Waals surface area contributed by atoms with Gasteiger partial charge in [0.05, 0.1) is 17.6 Å². The molecular weight excluding hydrogens is 458 g/mol. The molecular formula is C28H39N3O5. The quantitative estimate of drug-likeness (QED) is 0.390. The Bertz CT molecular complexity index is 1040. The van der Waals surface area contributed by atoms with Gasteiger partial charge in [-0.25, -0.2) is 4.79 Å². The largest absolute Gasteiger partial charge is 0.484 e. The molecule has 36 heavy (non-hydrogen) atoms. The predicted molar refractivity (Wildman–Crippen MR) is 139 cm³/mol. The fourth-order valence-corrected chi connectivity index (χ4v) is 4.30. The van der Waals surface area contributed by atoms with Crippen molar-refractivity contribution < 1.29 is 24.2 Å². The van der Waals surface area contributed by atoms with Crippen LogP contribution in [0.5, 0.6) is 5.75 Å². The summed E-state index contributed by atoms with van der Waals surface area (Å²) in [5.41, 5.74) is 3.71. The van der Waals surface area contributed by atoms with Crippen molar-refractivity contribution in [3.63, 3.8) is 0 Å². The van der Waals surface area contributed by atoms with Gasteiger partial charge in [-0.3, -0.25) is 14.8 Å². The van der Waals surface area contributed by atoms with Crippen LogP contribution in [-0.2, 0) is 14.3 Å². The number of piperidine rings is 1. The summed E-state index contributed by atoms with van der Waals surface area (Å²) in [4.78, 5) is 35.4. The number of anilines is 1. The Morgan fingerprint density at radius 1 is 1.14 bits per heavy atom. The van der Waals surface area contributed by atoms with Crippen LogP contribution in [0.25, 0.3) is 11.3 Å². The van der Waals surface area contributed by atoms with Gasteiger partial charge in [-0.1, -0.05) is 34.1 Å². The third-order valence-electron chi connectivity index (χ3n) is 6.80. The first-order valence-electron chi connectivity index (χ1n) is 12.9. The van der Waals surface area contributed by atoms with E-state index in [1.54, 1.807) is 25.4 Å². The molecule has 0 aromatic carbocycles. The van der Waals surface area contributed by atoms with Crippen LogP contribution in [0.3, 0.4) is 0 Å². The highest BCUT2D eigenvalue weighted by Crippen LogP contribution is 2.42. The van der Waals surface area contributed by atoms with E-state index in [0.717, 1.165) is 50.0 Å². The molecule has 3 rings (SSSR count). The second kappa shape index (κ2) is 12.3. The Balaban J connectivity index is 2.06. The van der Waals surface area contributed by atoms with Crippen molar-refractivity contribution in [1.29, 1.82) is 0 Å².